The van der Waals surface area contributed by atoms with Gasteiger partial charge < -0.3 is 14.4 Å². The highest BCUT2D eigenvalue weighted by Gasteiger charge is 2.18. The molecule has 0 aromatic heterocycles. The summed E-state index contributed by atoms with van der Waals surface area (Å²) in [5, 5.41) is 0. The number of ketones is 1. The van der Waals surface area contributed by atoms with Gasteiger partial charge in [0.15, 0.2) is 0 Å². The molecule has 1 aromatic rings. The van der Waals surface area contributed by atoms with Gasteiger partial charge in [0.05, 0.1) is 14.2 Å². The number of carbonyl (C=O) groups excluding carboxylic acids is 2. The van der Waals surface area contributed by atoms with Crippen LogP contribution in [0, 0.1) is 0 Å². The second kappa shape index (κ2) is 6.92. The molecule has 2 rings (SSSR count). The molecule has 0 aliphatic carbocycles. The Morgan fingerprint density at radius 2 is 1.90 bits per heavy atom. The molecule has 0 saturated carbocycles. The first-order valence-electron chi connectivity index (χ1n) is 6.84. The number of hydrogen-bond acceptors (Lipinski definition) is 4. The van der Waals surface area contributed by atoms with Crippen LogP contribution in [0.25, 0.3) is 6.08 Å². The first-order valence-corrected chi connectivity index (χ1v) is 6.84. The molecule has 0 atom stereocenters. The lowest BCUT2D eigenvalue weighted by Gasteiger charge is -2.24. The normalized spacial score (nSPS) is 15.3. The second-order valence-corrected chi connectivity index (χ2v) is 4.81. The lowest BCUT2D eigenvalue weighted by atomic mass is 10.1. The van der Waals surface area contributed by atoms with Crippen molar-refractivity contribution in [1.82, 2.24) is 4.90 Å². The van der Waals surface area contributed by atoms with E-state index in [2.05, 4.69) is 0 Å². The second-order valence-electron chi connectivity index (χ2n) is 4.81. The number of benzene rings is 1. The lowest BCUT2D eigenvalue weighted by molar-refractivity contribution is -0.130. The summed E-state index contributed by atoms with van der Waals surface area (Å²) in [5.41, 5.74) is 0.776. The number of hydrogen-bond donors (Lipinski definition) is 0. The maximum Gasteiger partial charge on any atom is 0.246 e. The first-order chi connectivity index (χ1) is 10.1. The molecule has 21 heavy (non-hydrogen) atoms. The van der Waals surface area contributed by atoms with Crippen molar-refractivity contribution in [2.24, 2.45) is 0 Å². The molecule has 1 heterocycles. The minimum Gasteiger partial charge on any atom is -0.497 e. The van der Waals surface area contributed by atoms with Gasteiger partial charge in [-0.15, -0.1) is 0 Å². The highest BCUT2D eigenvalue weighted by molar-refractivity contribution is 5.93. The van der Waals surface area contributed by atoms with E-state index in [-0.39, 0.29) is 11.7 Å². The van der Waals surface area contributed by atoms with E-state index in [1.807, 2.05) is 6.07 Å². The Hall–Kier alpha value is -2.30. The summed E-state index contributed by atoms with van der Waals surface area (Å²) in [6, 6.07) is 5.40. The molecule has 1 amide bonds. The molecule has 1 aliphatic heterocycles. The van der Waals surface area contributed by atoms with Gasteiger partial charge in [0.25, 0.3) is 0 Å². The molecule has 5 heteroatoms. The maximum absolute atomic E-state index is 12.1. The Kier molecular flexibility index (Phi) is 4.98. The zero-order chi connectivity index (χ0) is 15.2. The fourth-order valence-electron chi connectivity index (χ4n) is 2.21. The average molecular weight is 289 g/mol. The van der Waals surface area contributed by atoms with E-state index in [4.69, 9.17) is 9.47 Å². The zero-order valence-corrected chi connectivity index (χ0v) is 12.3. The summed E-state index contributed by atoms with van der Waals surface area (Å²) in [5.74, 6) is 1.50. The minimum absolute atomic E-state index is 0.0904. The molecule has 0 unspecified atom stereocenters. The van der Waals surface area contributed by atoms with Crippen molar-refractivity contribution in [3.63, 3.8) is 0 Å². The Balaban J connectivity index is 2.09. The number of amides is 1. The van der Waals surface area contributed by atoms with Crippen molar-refractivity contribution in [3.05, 3.63) is 29.8 Å². The molecule has 0 radical (unpaired) electrons. The van der Waals surface area contributed by atoms with Crippen molar-refractivity contribution in [2.45, 2.75) is 12.8 Å². The third kappa shape index (κ3) is 3.84. The van der Waals surface area contributed by atoms with Gasteiger partial charge in [-0.05, 0) is 24.3 Å². The van der Waals surface area contributed by atoms with E-state index in [1.54, 1.807) is 37.3 Å². The average Bonchev–Trinajstić information content (AvgIpc) is 2.52. The summed E-state index contributed by atoms with van der Waals surface area (Å²) in [6.07, 6.45) is 4.11. The Bertz CT molecular complexity index is 555. The van der Waals surface area contributed by atoms with Gasteiger partial charge in [0.2, 0.25) is 5.91 Å². The summed E-state index contributed by atoms with van der Waals surface area (Å²) in [4.78, 5) is 25.0. The number of likely N-dealkylation sites (tertiary alicyclic amines) is 1. The van der Waals surface area contributed by atoms with E-state index in [1.165, 1.54) is 6.08 Å². The molecule has 0 spiro atoms. The van der Waals surface area contributed by atoms with Crippen LogP contribution in [0.15, 0.2) is 24.3 Å². The SMILES string of the molecule is COc1ccc(OC)c(/C=C/C(=O)N2CCC(=O)CC2)c1. The van der Waals surface area contributed by atoms with Gasteiger partial charge in [-0.1, -0.05) is 0 Å². The first kappa shape index (κ1) is 15.1. The van der Waals surface area contributed by atoms with Crippen LogP contribution in [0.1, 0.15) is 18.4 Å². The third-order valence-electron chi connectivity index (χ3n) is 3.48. The van der Waals surface area contributed by atoms with Crippen molar-refractivity contribution >= 4 is 17.8 Å². The number of methoxy groups -OCH3 is 2. The van der Waals surface area contributed by atoms with E-state index in [0.29, 0.717) is 37.4 Å². The molecule has 1 aromatic carbocycles. The van der Waals surface area contributed by atoms with Crippen LogP contribution >= 0.6 is 0 Å². The molecule has 5 nitrogen and oxygen atoms in total. The van der Waals surface area contributed by atoms with Crippen molar-refractivity contribution in [3.8, 4) is 11.5 Å². The van der Waals surface area contributed by atoms with Crippen LogP contribution in [-0.4, -0.2) is 43.9 Å². The van der Waals surface area contributed by atoms with Crippen LogP contribution in [-0.2, 0) is 9.59 Å². The van der Waals surface area contributed by atoms with Crippen LogP contribution in [0.2, 0.25) is 0 Å². The minimum atomic E-state index is -0.0904. The standard InChI is InChI=1S/C16H19NO4/c1-20-14-4-5-15(21-2)12(11-14)3-6-16(19)17-9-7-13(18)8-10-17/h3-6,11H,7-10H2,1-2H3/b6-3+. The smallest absolute Gasteiger partial charge is 0.246 e. The predicted molar refractivity (Wildman–Crippen MR) is 79.4 cm³/mol. The Labute approximate surface area is 124 Å². The van der Waals surface area contributed by atoms with Gasteiger partial charge >= 0.3 is 0 Å². The quantitative estimate of drug-likeness (QED) is 0.795. The van der Waals surface area contributed by atoms with E-state index in [0.717, 1.165) is 5.56 Å². The summed E-state index contributed by atoms with van der Waals surface area (Å²) >= 11 is 0. The van der Waals surface area contributed by atoms with E-state index >= 15 is 0 Å². The molecule has 1 saturated heterocycles. The van der Waals surface area contributed by atoms with Crippen LogP contribution in [0.4, 0.5) is 0 Å². The Morgan fingerprint density at radius 3 is 2.52 bits per heavy atom. The molecule has 0 N–H and O–H groups in total. The molecule has 1 aliphatic rings. The maximum atomic E-state index is 12.1. The topological polar surface area (TPSA) is 55.8 Å². The lowest BCUT2D eigenvalue weighted by Crippen LogP contribution is -2.37. The Morgan fingerprint density at radius 1 is 1.19 bits per heavy atom. The fraction of sp³-hybridized carbons (Fsp3) is 0.375. The summed E-state index contributed by atoms with van der Waals surface area (Å²) in [6.45, 7) is 0.995. The van der Waals surface area contributed by atoms with Crippen molar-refractivity contribution in [2.75, 3.05) is 27.3 Å². The van der Waals surface area contributed by atoms with Crippen LogP contribution < -0.4 is 9.47 Å². The van der Waals surface area contributed by atoms with Gasteiger partial charge in [-0.25, -0.2) is 0 Å². The van der Waals surface area contributed by atoms with Crippen molar-refractivity contribution in [1.29, 1.82) is 0 Å². The number of Topliss-reactive ketones (excluding diaryl/α,β-unsaturated/α-hetero) is 1. The van der Waals surface area contributed by atoms with Crippen LogP contribution in [0.5, 0.6) is 11.5 Å². The number of ether oxygens (including phenoxy) is 2. The predicted octanol–water partition coefficient (Wildman–Crippen LogP) is 1.91. The zero-order valence-electron chi connectivity index (χ0n) is 12.3. The largest absolute Gasteiger partial charge is 0.497 e. The fourth-order valence-corrected chi connectivity index (χ4v) is 2.21. The monoisotopic (exact) mass is 289 g/mol. The molecular weight excluding hydrogens is 270 g/mol. The van der Waals surface area contributed by atoms with Gasteiger partial charge in [-0.3, -0.25) is 9.59 Å². The number of rotatable bonds is 4. The van der Waals surface area contributed by atoms with Gasteiger partial charge in [0, 0.05) is 37.6 Å². The van der Waals surface area contributed by atoms with Crippen LogP contribution in [0.3, 0.4) is 0 Å². The molecule has 112 valence electrons. The summed E-state index contributed by atoms with van der Waals surface area (Å²) in [7, 11) is 3.17. The highest BCUT2D eigenvalue weighted by Crippen LogP contribution is 2.25. The van der Waals surface area contributed by atoms with E-state index < -0.39 is 0 Å². The molecular formula is C16H19NO4. The van der Waals surface area contributed by atoms with Gasteiger partial charge in [0.1, 0.15) is 17.3 Å². The molecule has 0 bridgehead atoms. The summed E-state index contributed by atoms with van der Waals surface area (Å²) < 4.78 is 10.4. The number of piperidine rings is 1. The number of nitrogens with zero attached hydrogens (tertiary/aromatic N) is 1. The highest BCUT2D eigenvalue weighted by atomic mass is 16.5. The molecule has 1 fully saturated rings. The van der Waals surface area contributed by atoms with E-state index in [9.17, 15) is 9.59 Å². The third-order valence-corrected chi connectivity index (χ3v) is 3.48. The van der Waals surface area contributed by atoms with Crippen molar-refractivity contribution < 1.29 is 19.1 Å². The number of carbonyl (C=O) groups is 2. The van der Waals surface area contributed by atoms with Gasteiger partial charge in [-0.2, -0.15) is 0 Å².